The van der Waals surface area contributed by atoms with Gasteiger partial charge in [0, 0.05) is 0 Å². The second kappa shape index (κ2) is 4.75. The average Bonchev–Trinajstić information content (AvgIpc) is 2.14. The van der Waals surface area contributed by atoms with Crippen molar-refractivity contribution in [3.63, 3.8) is 0 Å². The Morgan fingerprint density at radius 3 is 2.60 bits per heavy atom. The van der Waals surface area contributed by atoms with Gasteiger partial charge in [0.05, 0.1) is 5.60 Å². The Labute approximate surface area is 90.9 Å². The number of rotatable bonds is 4. The van der Waals surface area contributed by atoms with Gasteiger partial charge in [-0.1, -0.05) is 25.8 Å². The summed E-state index contributed by atoms with van der Waals surface area (Å²) in [7, 11) is 0. The first kappa shape index (κ1) is 12.2. The number of benzene rings is 1. The van der Waals surface area contributed by atoms with Crippen molar-refractivity contribution in [2.75, 3.05) is 0 Å². The van der Waals surface area contributed by atoms with Crippen LogP contribution in [-0.4, -0.2) is 5.11 Å². The summed E-state index contributed by atoms with van der Waals surface area (Å²) in [5.74, 6) is -0.248. The van der Waals surface area contributed by atoms with Crippen molar-refractivity contribution in [1.29, 1.82) is 0 Å². The van der Waals surface area contributed by atoms with Gasteiger partial charge in [-0.15, -0.1) is 0 Å². The number of aliphatic hydroxyl groups is 1. The van der Waals surface area contributed by atoms with E-state index >= 15 is 0 Å². The lowest BCUT2D eigenvalue weighted by molar-refractivity contribution is 0.0447. The van der Waals surface area contributed by atoms with Crippen LogP contribution in [0.3, 0.4) is 0 Å². The summed E-state index contributed by atoms with van der Waals surface area (Å²) in [6, 6.07) is 4.55. The molecule has 1 atom stereocenters. The summed E-state index contributed by atoms with van der Waals surface area (Å²) in [5, 5.41) is 10.3. The molecule has 1 aromatic carbocycles. The van der Waals surface area contributed by atoms with Gasteiger partial charge in [0.25, 0.3) is 0 Å². The van der Waals surface area contributed by atoms with E-state index in [1.807, 2.05) is 6.92 Å². The van der Waals surface area contributed by atoms with Crippen molar-refractivity contribution in [3.05, 3.63) is 35.1 Å². The molecule has 0 aliphatic rings. The van der Waals surface area contributed by atoms with Gasteiger partial charge in [-0.25, -0.2) is 4.39 Å². The standard InChI is InChI=1S/C13H19FO/c1-4-5-8-13(3,15)12-7-6-11(14)9-10(12)2/h6-7,9,15H,4-5,8H2,1-3H3. The maximum absolute atomic E-state index is 12.9. The quantitative estimate of drug-likeness (QED) is 0.806. The summed E-state index contributed by atoms with van der Waals surface area (Å²) in [6.07, 6.45) is 2.75. The van der Waals surface area contributed by atoms with Gasteiger partial charge in [0.15, 0.2) is 0 Å². The monoisotopic (exact) mass is 210 g/mol. The van der Waals surface area contributed by atoms with Crippen LogP contribution in [0.25, 0.3) is 0 Å². The van der Waals surface area contributed by atoms with Gasteiger partial charge >= 0.3 is 0 Å². The van der Waals surface area contributed by atoms with Crippen molar-refractivity contribution in [1.82, 2.24) is 0 Å². The van der Waals surface area contributed by atoms with E-state index in [1.54, 1.807) is 13.0 Å². The molecule has 0 amide bonds. The number of hydrogen-bond donors (Lipinski definition) is 1. The highest BCUT2D eigenvalue weighted by Gasteiger charge is 2.23. The second-order valence-electron chi connectivity index (χ2n) is 4.34. The molecule has 1 unspecified atom stereocenters. The number of aryl methyl sites for hydroxylation is 1. The molecule has 84 valence electrons. The normalized spacial score (nSPS) is 15.0. The van der Waals surface area contributed by atoms with Crippen LogP contribution in [-0.2, 0) is 5.60 Å². The fraction of sp³-hybridized carbons (Fsp3) is 0.538. The van der Waals surface area contributed by atoms with Crippen LogP contribution in [0.2, 0.25) is 0 Å². The molecular weight excluding hydrogens is 191 g/mol. The summed E-state index contributed by atoms with van der Waals surface area (Å²) in [4.78, 5) is 0. The summed E-state index contributed by atoms with van der Waals surface area (Å²) < 4.78 is 12.9. The molecule has 1 N–H and O–H groups in total. The van der Waals surface area contributed by atoms with E-state index in [2.05, 4.69) is 6.92 Å². The van der Waals surface area contributed by atoms with Gasteiger partial charge in [-0.05, 0) is 43.5 Å². The third kappa shape index (κ3) is 3.03. The highest BCUT2D eigenvalue weighted by molar-refractivity contribution is 5.31. The zero-order valence-electron chi connectivity index (χ0n) is 9.68. The zero-order valence-corrected chi connectivity index (χ0v) is 9.68. The zero-order chi connectivity index (χ0) is 11.5. The number of halogens is 1. The molecule has 15 heavy (non-hydrogen) atoms. The van der Waals surface area contributed by atoms with E-state index in [1.165, 1.54) is 12.1 Å². The van der Waals surface area contributed by atoms with Crippen molar-refractivity contribution < 1.29 is 9.50 Å². The molecule has 1 rings (SSSR count). The molecule has 0 aliphatic carbocycles. The second-order valence-corrected chi connectivity index (χ2v) is 4.34. The van der Waals surface area contributed by atoms with Crippen molar-refractivity contribution >= 4 is 0 Å². The SMILES string of the molecule is CCCCC(C)(O)c1ccc(F)cc1C. The van der Waals surface area contributed by atoms with E-state index < -0.39 is 5.60 Å². The average molecular weight is 210 g/mol. The lowest BCUT2D eigenvalue weighted by Gasteiger charge is -2.25. The summed E-state index contributed by atoms with van der Waals surface area (Å²) >= 11 is 0. The Kier molecular flexibility index (Phi) is 3.86. The molecule has 1 aromatic rings. The minimum absolute atomic E-state index is 0.248. The van der Waals surface area contributed by atoms with E-state index in [-0.39, 0.29) is 5.82 Å². The first-order valence-corrected chi connectivity index (χ1v) is 5.46. The molecule has 2 heteroatoms. The summed E-state index contributed by atoms with van der Waals surface area (Å²) in [5.41, 5.74) is 0.807. The van der Waals surface area contributed by atoms with Crippen molar-refractivity contribution in [2.24, 2.45) is 0 Å². The lowest BCUT2D eigenvalue weighted by atomic mass is 9.87. The van der Waals surface area contributed by atoms with Crippen LogP contribution in [0.15, 0.2) is 18.2 Å². The molecule has 0 bridgehead atoms. The van der Waals surface area contributed by atoms with E-state index in [9.17, 15) is 9.50 Å². The predicted molar refractivity (Wildman–Crippen MR) is 60.2 cm³/mol. The maximum atomic E-state index is 12.9. The van der Waals surface area contributed by atoms with Gasteiger partial charge in [-0.2, -0.15) is 0 Å². The topological polar surface area (TPSA) is 20.2 Å². The van der Waals surface area contributed by atoms with Gasteiger partial charge in [0.1, 0.15) is 5.82 Å². The van der Waals surface area contributed by atoms with E-state index in [4.69, 9.17) is 0 Å². The molecule has 0 spiro atoms. The van der Waals surface area contributed by atoms with Crippen molar-refractivity contribution in [3.8, 4) is 0 Å². The first-order valence-electron chi connectivity index (χ1n) is 5.46. The molecule has 0 heterocycles. The molecule has 0 saturated heterocycles. The molecule has 1 nitrogen and oxygen atoms in total. The molecule has 0 aromatic heterocycles. The largest absolute Gasteiger partial charge is 0.385 e. The van der Waals surface area contributed by atoms with Gasteiger partial charge in [-0.3, -0.25) is 0 Å². The fourth-order valence-corrected chi connectivity index (χ4v) is 1.89. The fourth-order valence-electron chi connectivity index (χ4n) is 1.89. The molecule has 0 saturated carbocycles. The number of unbranched alkanes of at least 4 members (excludes halogenated alkanes) is 1. The highest BCUT2D eigenvalue weighted by Crippen LogP contribution is 2.29. The van der Waals surface area contributed by atoms with Crippen LogP contribution in [0.1, 0.15) is 44.2 Å². The lowest BCUT2D eigenvalue weighted by Crippen LogP contribution is -2.22. The maximum Gasteiger partial charge on any atom is 0.123 e. The Balaban J connectivity index is 2.93. The Morgan fingerprint density at radius 2 is 2.07 bits per heavy atom. The Morgan fingerprint density at radius 1 is 1.40 bits per heavy atom. The van der Waals surface area contributed by atoms with Crippen LogP contribution in [0.4, 0.5) is 4.39 Å². The van der Waals surface area contributed by atoms with Crippen LogP contribution >= 0.6 is 0 Å². The molecule has 0 fully saturated rings. The van der Waals surface area contributed by atoms with Crippen LogP contribution < -0.4 is 0 Å². The van der Waals surface area contributed by atoms with Crippen LogP contribution in [0, 0.1) is 12.7 Å². The first-order chi connectivity index (χ1) is 6.97. The molecule has 0 radical (unpaired) electrons. The predicted octanol–water partition coefficient (Wildman–Crippen LogP) is 3.53. The Hall–Kier alpha value is -0.890. The van der Waals surface area contributed by atoms with Crippen molar-refractivity contribution in [2.45, 2.75) is 45.6 Å². The number of hydrogen-bond acceptors (Lipinski definition) is 1. The molecular formula is C13H19FO. The Bertz CT molecular complexity index is 331. The van der Waals surface area contributed by atoms with E-state index in [0.29, 0.717) is 0 Å². The molecule has 0 aliphatic heterocycles. The highest BCUT2D eigenvalue weighted by atomic mass is 19.1. The third-order valence-corrected chi connectivity index (χ3v) is 2.79. The third-order valence-electron chi connectivity index (χ3n) is 2.79. The minimum Gasteiger partial charge on any atom is -0.385 e. The smallest absolute Gasteiger partial charge is 0.123 e. The van der Waals surface area contributed by atoms with E-state index in [0.717, 1.165) is 30.4 Å². The van der Waals surface area contributed by atoms with Crippen LogP contribution in [0.5, 0.6) is 0 Å². The summed E-state index contributed by atoms with van der Waals surface area (Å²) in [6.45, 7) is 5.72. The minimum atomic E-state index is -0.839. The van der Waals surface area contributed by atoms with Gasteiger partial charge in [0.2, 0.25) is 0 Å². The van der Waals surface area contributed by atoms with Gasteiger partial charge < -0.3 is 5.11 Å².